The van der Waals surface area contributed by atoms with E-state index in [2.05, 4.69) is 23.2 Å². The summed E-state index contributed by atoms with van der Waals surface area (Å²) >= 11 is 0. The molecule has 0 aliphatic heterocycles. The van der Waals surface area contributed by atoms with Gasteiger partial charge in [-0.3, -0.25) is 4.90 Å². The van der Waals surface area contributed by atoms with E-state index in [-0.39, 0.29) is 0 Å². The van der Waals surface area contributed by atoms with Crippen molar-refractivity contribution in [3.63, 3.8) is 0 Å². The van der Waals surface area contributed by atoms with Crippen LogP contribution in [0.2, 0.25) is 0 Å². The van der Waals surface area contributed by atoms with Gasteiger partial charge in [0, 0.05) is 32.1 Å². The largest absolute Gasteiger partial charge is 0.315 e. The van der Waals surface area contributed by atoms with E-state index in [0.717, 1.165) is 32.2 Å². The molecule has 0 radical (unpaired) electrons. The van der Waals surface area contributed by atoms with Crippen LogP contribution in [-0.2, 0) is 0 Å². The summed E-state index contributed by atoms with van der Waals surface area (Å²) in [5.41, 5.74) is 0. The minimum absolute atomic E-state index is 0.671. The van der Waals surface area contributed by atoms with E-state index in [9.17, 15) is 0 Å². The summed E-state index contributed by atoms with van der Waals surface area (Å²) in [6, 6.07) is 3.00. The molecule has 0 heterocycles. The van der Waals surface area contributed by atoms with Gasteiger partial charge in [0.05, 0.1) is 6.07 Å². The molecule has 14 heavy (non-hydrogen) atoms. The maximum atomic E-state index is 8.53. The summed E-state index contributed by atoms with van der Waals surface area (Å²) in [6.45, 7) is 6.41. The van der Waals surface area contributed by atoms with E-state index < -0.39 is 0 Å². The standard InChI is InChI=1S/C11H21N3/c1-2-7-13-8-10-14(9-3-6-12)11-4-5-11/h11,13H,2-5,7-10H2,1H3. The Morgan fingerprint density at radius 2 is 2.14 bits per heavy atom. The molecule has 0 spiro atoms. The Kier molecular flexibility index (Phi) is 5.58. The van der Waals surface area contributed by atoms with Crippen LogP contribution in [0.25, 0.3) is 0 Å². The first-order valence-corrected chi connectivity index (χ1v) is 5.70. The van der Waals surface area contributed by atoms with Crippen LogP contribution < -0.4 is 5.32 Å². The lowest BCUT2D eigenvalue weighted by molar-refractivity contribution is 0.269. The molecule has 0 aromatic carbocycles. The Balaban J connectivity index is 2.06. The van der Waals surface area contributed by atoms with E-state index in [1.165, 1.54) is 19.3 Å². The number of hydrogen-bond donors (Lipinski definition) is 1. The van der Waals surface area contributed by atoms with Gasteiger partial charge in [0.2, 0.25) is 0 Å². The molecule has 1 saturated carbocycles. The zero-order valence-corrected chi connectivity index (χ0v) is 9.13. The van der Waals surface area contributed by atoms with E-state index >= 15 is 0 Å². The van der Waals surface area contributed by atoms with Crippen molar-refractivity contribution in [2.45, 2.75) is 38.6 Å². The lowest BCUT2D eigenvalue weighted by Crippen LogP contribution is -2.34. The topological polar surface area (TPSA) is 39.1 Å². The number of nitrogens with one attached hydrogen (secondary N) is 1. The first-order chi connectivity index (χ1) is 6.88. The quantitative estimate of drug-likeness (QED) is 0.594. The second-order valence-electron chi connectivity index (χ2n) is 3.93. The summed E-state index contributed by atoms with van der Waals surface area (Å²) < 4.78 is 0. The predicted molar refractivity (Wildman–Crippen MR) is 58.0 cm³/mol. The molecule has 0 aromatic rings. The molecule has 0 atom stereocenters. The summed E-state index contributed by atoms with van der Waals surface area (Å²) in [5.74, 6) is 0. The third-order valence-electron chi connectivity index (χ3n) is 2.58. The molecule has 3 heteroatoms. The maximum Gasteiger partial charge on any atom is 0.0635 e. The summed E-state index contributed by atoms with van der Waals surface area (Å²) in [7, 11) is 0. The van der Waals surface area contributed by atoms with Crippen LogP contribution >= 0.6 is 0 Å². The van der Waals surface area contributed by atoms with Gasteiger partial charge in [-0.2, -0.15) is 5.26 Å². The third-order valence-corrected chi connectivity index (χ3v) is 2.58. The molecule has 0 bridgehead atoms. The fourth-order valence-electron chi connectivity index (χ4n) is 1.63. The van der Waals surface area contributed by atoms with Crippen molar-refractivity contribution in [3.8, 4) is 6.07 Å². The van der Waals surface area contributed by atoms with E-state index in [1.807, 2.05) is 0 Å². The second kappa shape index (κ2) is 6.80. The van der Waals surface area contributed by atoms with Gasteiger partial charge in [0.15, 0.2) is 0 Å². The van der Waals surface area contributed by atoms with Crippen molar-refractivity contribution in [1.82, 2.24) is 10.2 Å². The van der Waals surface area contributed by atoms with Crippen molar-refractivity contribution in [3.05, 3.63) is 0 Å². The summed E-state index contributed by atoms with van der Waals surface area (Å²) in [4.78, 5) is 2.45. The Bertz CT molecular complexity index is 181. The molecular formula is C11H21N3. The average molecular weight is 195 g/mol. The van der Waals surface area contributed by atoms with Crippen LogP contribution in [0.4, 0.5) is 0 Å². The molecule has 0 saturated heterocycles. The molecule has 3 nitrogen and oxygen atoms in total. The molecule has 80 valence electrons. The van der Waals surface area contributed by atoms with Crippen molar-refractivity contribution in [1.29, 1.82) is 5.26 Å². The van der Waals surface area contributed by atoms with Crippen molar-refractivity contribution in [2.24, 2.45) is 0 Å². The Labute approximate surface area is 87.1 Å². The summed E-state index contributed by atoms with van der Waals surface area (Å²) in [5, 5.41) is 11.9. The van der Waals surface area contributed by atoms with Crippen LogP contribution in [-0.4, -0.2) is 37.1 Å². The molecule has 1 rings (SSSR count). The SMILES string of the molecule is CCCNCCN(CCC#N)C1CC1. The number of rotatable bonds is 8. The molecule has 0 unspecified atom stereocenters. The average Bonchev–Trinajstić information content (AvgIpc) is 3.00. The van der Waals surface area contributed by atoms with E-state index in [1.54, 1.807) is 0 Å². The fourth-order valence-corrected chi connectivity index (χ4v) is 1.63. The highest BCUT2D eigenvalue weighted by molar-refractivity contribution is 4.86. The lowest BCUT2D eigenvalue weighted by atomic mass is 10.3. The van der Waals surface area contributed by atoms with E-state index in [0.29, 0.717) is 6.42 Å². The predicted octanol–water partition coefficient (Wildman–Crippen LogP) is 1.36. The first kappa shape index (κ1) is 11.5. The van der Waals surface area contributed by atoms with Crippen molar-refractivity contribution in [2.75, 3.05) is 26.2 Å². The minimum Gasteiger partial charge on any atom is -0.315 e. The van der Waals surface area contributed by atoms with Crippen LogP contribution in [0.3, 0.4) is 0 Å². The molecular weight excluding hydrogens is 174 g/mol. The molecule has 1 aliphatic carbocycles. The Morgan fingerprint density at radius 1 is 1.36 bits per heavy atom. The van der Waals surface area contributed by atoms with Gasteiger partial charge < -0.3 is 5.32 Å². The van der Waals surface area contributed by atoms with Gasteiger partial charge in [-0.15, -0.1) is 0 Å². The second-order valence-corrected chi connectivity index (χ2v) is 3.93. The Hall–Kier alpha value is -0.590. The zero-order valence-electron chi connectivity index (χ0n) is 9.13. The maximum absolute atomic E-state index is 8.53. The fraction of sp³-hybridized carbons (Fsp3) is 0.909. The van der Waals surface area contributed by atoms with Gasteiger partial charge in [0.25, 0.3) is 0 Å². The number of nitriles is 1. The van der Waals surface area contributed by atoms with Crippen LogP contribution in [0.15, 0.2) is 0 Å². The highest BCUT2D eigenvalue weighted by Crippen LogP contribution is 2.26. The van der Waals surface area contributed by atoms with Gasteiger partial charge in [-0.25, -0.2) is 0 Å². The highest BCUT2D eigenvalue weighted by atomic mass is 15.2. The molecule has 1 N–H and O–H groups in total. The lowest BCUT2D eigenvalue weighted by Gasteiger charge is -2.20. The molecule has 1 fully saturated rings. The highest BCUT2D eigenvalue weighted by Gasteiger charge is 2.27. The first-order valence-electron chi connectivity index (χ1n) is 5.70. The zero-order chi connectivity index (χ0) is 10.2. The monoisotopic (exact) mass is 195 g/mol. The molecule has 1 aliphatic rings. The van der Waals surface area contributed by atoms with Crippen LogP contribution in [0, 0.1) is 11.3 Å². The smallest absolute Gasteiger partial charge is 0.0635 e. The van der Waals surface area contributed by atoms with Crippen LogP contribution in [0.5, 0.6) is 0 Å². The van der Waals surface area contributed by atoms with Crippen molar-refractivity contribution >= 4 is 0 Å². The minimum atomic E-state index is 0.671. The Morgan fingerprint density at radius 3 is 2.71 bits per heavy atom. The molecule has 0 aromatic heterocycles. The van der Waals surface area contributed by atoms with Gasteiger partial charge in [0.1, 0.15) is 0 Å². The van der Waals surface area contributed by atoms with Gasteiger partial charge >= 0.3 is 0 Å². The normalized spacial score (nSPS) is 15.8. The van der Waals surface area contributed by atoms with Gasteiger partial charge in [-0.05, 0) is 25.8 Å². The number of hydrogen-bond acceptors (Lipinski definition) is 3. The van der Waals surface area contributed by atoms with Crippen LogP contribution in [0.1, 0.15) is 32.6 Å². The van der Waals surface area contributed by atoms with Crippen molar-refractivity contribution < 1.29 is 0 Å². The van der Waals surface area contributed by atoms with E-state index in [4.69, 9.17) is 5.26 Å². The van der Waals surface area contributed by atoms with Gasteiger partial charge in [-0.1, -0.05) is 6.92 Å². The molecule has 0 amide bonds. The number of nitrogens with zero attached hydrogens (tertiary/aromatic N) is 2. The third kappa shape index (κ3) is 4.59. The summed E-state index contributed by atoms with van der Waals surface area (Å²) in [6.07, 6.45) is 4.53.